The third-order valence-corrected chi connectivity index (χ3v) is 4.04. The van der Waals surface area contributed by atoms with Gasteiger partial charge >= 0.3 is 0 Å². The molecule has 3 nitrogen and oxygen atoms in total. The number of carbonyl (C=O) groups is 1. The van der Waals surface area contributed by atoms with E-state index in [0.29, 0.717) is 5.91 Å². The van der Waals surface area contributed by atoms with Crippen LogP contribution in [0.25, 0.3) is 0 Å². The molecule has 1 amide bonds. The van der Waals surface area contributed by atoms with Gasteiger partial charge in [-0.15, -0.1) is 12.4 Å². The number of likely N-dealkylation sites (tertiary alicyclic amines) is 1. The van der Waals surface area contributed by atoms with E-state index in [2.05, 4.69) is 37.4 Å². The van der Waals surface area contributed by atoms with Gasteiger partial charge in [0.05, 0.1) is 0 Å². The summed E-state index contributed by atoms with van der Waals surface area (Å²) >= 11 is 0. The van der Waals surface area contributed by atoms with Crippen molar-refractivity contribution in [3.05, 3.63) is 34.9 Å². The Morgan fingerprint density at radius 1 is 1.19 bits per heavy atom. The zero-order valence-electron chi connectivity index (χ0n) is 13.2. The first-order chi connectivity index (χ1) is 9.66. The lowest BCUT2D eigenvalue weighted by Gasteiger charge is -2.20. The number of halogens is 1. The van der Waals surface area contributed by atoms with Crippen LogP contribution in [0.4, 0.5) is 0 Å². The van der Waals surface area contributed by atoms with Crippen LogP contribution in [0.2, 0.25) is 0 Å². The summed E-state index contributed by atoms with van der Waals surface area (Å²) in [5.74, 6) is 0.329. The lowest BCUT2D eigenvalue weighted by molar-refractivity contribution is -0.130. The molecule has 0 aromatic heterocycles. The number of nitrogens with one attached hydrogen (secondary N) is 1. The minimum absolute atomic E-state index is 0. The van der Waals surface area contributed by atoms with Crippen molar-refractivity contribution < 1.29 is 4.79 Å². The van der Waals surface area contributed by atoms with E-state index >= 15 is 0 Å². The van der Waals surface area contributed by atoms with Crippen LogP contribution in [0.5, 0.6) is 0 Å². The molecule has 0 saturated carbocycles. The van der Waals surface area contributed by atoms with Gasteiger partial charge in [0.15, 0.2) is 0 Å². The molecule has 0 bridgehead atoms. The highest BCUT2D eigenvalue weighted by Crippen LogP contribution is 2.11. The van der Waals surface area contributed by atoms with Gasteiger partial charge in [-0.2, -0.15) is 0 Å². The highest BCUT2D eigenvalue weighted by atomic mass is 35.5. The molecule has 2 rings (SSSR count). The Morgan fingerprint density at radius 2 is 2.00 bits per heavy atom. The molecule has 0 unspecified atom stereocenters. The summed E-state index contributed by atoms with van der Waals surface area (Å²) in [6, 6.07) is 6.56. The Hall–Kier alpha value is -1.06. The maximum Gasteiger partial charge on any atom is 0.222 e. The van der Waals surface area contributed by atoms with Gasteiger partial charge in [-0.3, -0.25) is 4.79 Å². The fourth-order valence-electron chi connectivity index (χ4n) is 2.76. The maximum atomic E-state index is 11.9. The summed E-state index contributed by atoms with van der Waals surface area (Å²) in [5.41, 5.74) is 3.99. The molecule has 1 heterocycles. The topological polar surface area (TPSA) is 32.3 Å². The van der Waals surface area contributed by atoms with Crippen molar-refractivity contribution in [1.82, 2.24) is 10.2 Å². The van der Waals surface area contributed by atoms with Crippen LogP contribution < -0.4 is 5.32 Å². The van der Waals surface area contributed by atoms with Crippen LogP contribution in [0.15, 0.2) is 18.2 Å². The largest absolute Gasteiger partial charge is 0.341 e. The molecular formula is C17H27ClN2O. The van der Waals surface area contributed by atoms with Gasteiger partial charge < -0.3 is 10.2 Å². The quantitative estimate of drug-likeness (QED) is 0.847. The Kier molecular flexibility index (Phi) is 7.76. The highest BCUT2D eigenvalue weighted by molar-refractivity contribution is 5.85. The maximum absolute atomic E-state index is 11.9. The summed E-state index contributed by atoms with van der Waals surface area (Å²) in [6.45, 7) is 7.80. The molecule has 1 aromatic carbocycles. The van der Waals surface area contributed by atoms with Crippen LogP contribution in [0, 0.1) is 13.8 Å². The van der Waals surface area contributed by atoms with E-state index in [9.17, 15) is 4.79 Å². The third kappa shape index (κ3) is 5.68. The van der Waals surface area contributed by atoms with E-state index in [-0.39, 0.29) is 12.4 Å². The van der Waals surface area contributed by atoms with Crippen molar-refractivity contribution >= 4 is 18.3 Å². The first-order valence-corrected chi connectivity index (χ1v) is 7.71. The van der Waals surface area contributed by atoms with Gasteiger partial charge in [0.25, 0.3) is 0 Å². The van der Waals surface area contributed by atoms with Crippen molar-refractivity contribution in [2.24, 2.45) is 0 Å². The molecule has 118 valence electrons. The standard InChI is InChI=1S/C17H26N2O.ClH/c1-14-7-8-16(15(2)12-14)13-18-9-11-19-10-5-3-4-6-17(19)20;/h7-8,12,18H,3-6,9-11,13H2,1-2H3;1H. The summed E-state index contributed by atoms with van der Waals surface area (Å²) in [5, 5.41) is 3.46. The normalized spacial score (nSPS) is 15.5. The molecule has 4 heteroatoms. The average molecular weight is 311 g/mol. The second kappa shape index (κ2) is 9.06. The lowest BCUT2D eigenvalue weighted by atomic mass is 10.1. The number of benzene rings is 1. The summed E-state index contributed by atoms with van der Waals surface area (Å²) in [4.78, 5) is 13.9. The Labute approximate surface area is 134 Å². The second-order valence-electron chi connectivity index (χ2n) is 5.80. The van der Waals surface area contributed by atoms with Crippen LogP contribution in [0.1, 0.15) is 42.4 Å². The van der Waals surface area contributed by atoms with E-state index in [1.165, 1.54) is 23.1 Å². The summed E-state index contributed by atoms with van der Waals surface area (Å²) in [7, 11) is 0. The van der Waals surface area contributed by atoms with Crippen molar-refractivity contribution in [2.45, 2.75) is 46.1 Å². The molecule has 1 aliphatic rings. The fraction of sp³-hybridized carbons (Fsp3) is 0.588. The van der Waals surface area contributed by atoms with E-state index < -0.39 is 0 Å². The molecular weight excluding hydrogens is 284 g/mol. The SMILES string of the molecule is Cc1ccc(CNCCN2CCCCCC2=O)c(C)c1.Cl. The highest BCUT2D eigenvalue weighted by Gasteiger charge is 2.15. The Morgan fingerprint density at radius 3 is 2.76 bits per heavy atom. The summed E-state index contributed by atoms with van der Waals surface area (Å²) in [6.07, 6.45) is 4.14. The van der Waals surface area contributed by atoms with Crippen molar-refractivity contribution in [3.63, 3.8) is 0 Å². The molecule has 1 saturated heterocycles. The van der Waals surface area contributed by atoms with Gasteiger partial charge in [-0.05, 0) is 37.8 Å². The second-order valence-corrected chi connectivity index (χ2v) is 5.80. The van der Waals surface area contributed by atoms with Gasteiger partial charge in [0.2, 0.25) is 5.91 Å². The van der Waals surface area contributed by atoms with Crippen molar-refractivity contribution in [2.75, 3.05) is 19.6 Å². The van der Waals surface area contributed by atoms with Gasteiger partial charge in [-0.25, -0.2) is 0 Å². The Bertz CT molecular complexity index is 462. The van der Waals surface area contributed by atoms with Crippen molar-refractivity contribution in [1.29, 1.82) is 0 Å². The monoisotopic (exact) mass is 310 g/mol. The van der Waals surface area contributed by atoms with Gasteiger partial charge in [0.1, 0.15) is 0 Å². The molecule has 1 aliphatic heterocycles. The molecule has 0 atom stereocenters. The predicted octanol–water partition coefficient (Wildman–Crippen LogP) is 3.22. The first kappa shape index (κ1) is 18.0. The number of amides is 1. The number of hydrogen-bond donors (Lipinski definition) is 1. The van der Waals surface area contributed by atoms with Crippen LogP contribution in [-0.2, 0) is 11.3 Å². The Balaban J connectivity index is 0.00000220. The number of hydrogen-bond acceptors (Lipinski definition) is 2. The molecule has 0 spiro atoms. The van der Waals surface area contributed by atoms with E-state index in [1.54, 1.807) is 0 Å². The molecule has 1 aromatic rings. The molecule has 0 radical (unpaired) electrons. The fourth-order valence-corrected chi connectivity index (χ4v) is 2.76. The summed E-state index contributed by atoms with van der Waals surface area (Å²) < 4.78 is 0. The van der Waals surface area contributed by atoms with Gasteiger partial charge in [-0.1, -0.05) is 30.2 Å². The number of rotatable bonds is 5. The van der Waals surface area contributed by atoms with E-state index in [0.717, 1.165) is 45.4 Å². The molecule has 0 aliphatic carbocycles. The minimum Gasteiger partial charge on any atom is -0.341 e. The molecule has 1 fully saturated rings. The third-order valence-electron chi connectivity index (χ3n) is 4.04. The van der Waals surface area contributed by atoms with Crippen molar-refractivity contribution in [3.8, 4) is 0 Å². The zero-order chi connectivity index (χ0) is 14.4. The van der Waals surface area contributed by atoms with Crippen LogP contribution in [0.3, 0.4) is 0 Å². The van der Waals surface area contributed by atoms with Gasteiger partial charge in [0, 0.05) is 32.6 Å². The van der Waals surface area contributed by atoms with E-state index in [1.807, 2.05) is 4.90 Å². The number of aryl methyl sites for hydroxylation is 2. The molecule has 21 heavy (non-hydrogen) atoms. The van der Waals surface area contributed by atoms with Crippen LogP contribution >= 0.6 is 12.4 Å². The molecule has 1 N–H and O–H groups in total. The van der Waals surface area contributed by atoms with Crippen LogP contribution in [-0.4, -0.2) is 30.4 Å². The predicted molar refractivity (Wildman–Crippen MR) is 89.9 cm³/mol. The average Bonchev–Trinajstić information content (AvgIpc) is 2.62. The minimum atomic E-state index is 0. The number of carbonyl (C=O) groups excluding carboxylic acids is 1. The zero-order valence-corrected chi connectivity index (χ0v) is 14.0. The lowest BCUT2D eigenvalue weighted by Crippen LogP contribution is -2.36. The van der Waals surface area contributed by atoms with E-state index in [4.69, 9.17) is 0 Å². The smallest absolute Gasteiger partial charge is 0.222 e. The first-order valence-electron chi connectivity index (χ1n) is 7.71. The number of nitrogens with zero attached hydrogens (tertiary/aromatic N) is 1.